The first-order valence-corrected chi connectivity index (χ1v) is 3.84. The van der Waals surface area contributed by atoms with Gasteiger partial charge in [0.25, 0.3) is 5.91 Å². The molecule has 1 aromatic carbocycles. The second kappa shape index (κ2) is 4.27. The second-order valence-corrected chi connectivity index (χ2v) is 2.59. The minimum absolute atomic E-state index is 0.0430. The molecule has 5 heteroatoms. The highest BCUT2D eigenvalue weighted by molar-refractivity contribution is 5.91. The number of ether oxygens (including phenoxy) is 1. The molecule has 0 saturated carbocycles. The molecular weight excluding hydrogens is 186 g/mol. The van der Waals surface area contributed by atoms with Crippen molar-refractivity contribution in [1.82, 2.24) is 0 Å². The van der Waals surface area contributed by atoms with E-state index in [4.69, 9.17) is 10.8 Å². The third kappa shape index (κ3) is 2.78. The fourth-order valence-electron chi connectivity index (χ4n) is 0.853. The van der Waals surface area contributed by atoms with Crippen molar-refractivity contribution < 1.29 is 19.4 Å². The fourth-order valence-corrected chi connectivity index (χ4v) is 0.853. The molecule has 3 N–H and O–H groups in total. The minimum atomic E-state index is -0.724. The smallest absolute Gasteiger partial charge is 0.338 e. The number of phenolic OH excluding ortho intramolecular Hbond substituents is 1. The average Bonchev–Trinajstić information content (AvgIpc) is 2.14. The summed E-state index contributed by atoms with van der Waals surface area (Å²) in [5, 5.41) is 9.04. The van der Waals surface area contributed by atoms with E-state index in [0.717, 1.165) is 0 Å². The first kappa shape index (κ1) is 10.0. The van der Waals surface area contributed by atoms with Crippen LogP contribution in [0.25, 0.3) is 0 Å². The number of benzene rings is 1. The number of amides is 1. The molecule has 0 heterocycles. The van der Waals surface area contributed by atoms with Crippen molar-refractivity contribution in [3.63, 3.8) is 0 Å². The molecule has 5 nitrogen and oxygen atoms in total. The van der Waals surface area contributed by atoms with Gasteiger partial charge in [-0.3, -0.25) is 4.79 Å². The van der Waals surface area contributed by atoms with Crippen molar-refractivity contribution in [2.24, 2.45) is 5.73 Å². The van der Waals surface area contributed by atoms with Gasteiger partial charge in [0.2, 0.25) is 0 Å². The van der Waals surface area contributed by atoms with E-state index in [0.29, 0.717) is 0 Å². The molecule has 0 aliphatic carbocycles. The lowest BCUT2D eigenvalue weighted by Crippen LogP contribution is -2.20. The Labute approximate surface area is 80.1 Å². The number of nitrogens with two attached hydrogens (primary N) is 1. The molecule has 0 bridgehead atoms. The predicted molar refractivity (Wildman–Crippen MR) is 47.6 cm³/mol. The van der Waals surface area contributed by atoms with Crippen molar-refractivity contribution in [1.29, 1.82) is 0 Å². The van der Waals surface area contributed by atoms with E-state index in [9.17, 15) is 9.59 Å². The van der Waals surface area contributed by atoms with E-state index in [2.05, 4.69) is 4.74 Å². The van der Waals surface area contributed by atoms with Gasteiger partial charge in [-0.25, -0.2) is 4.79 Å². The van der Waals surface area contributed by atoms with E-state index in [1.54, 1.807) is 0 Å². The van der Waals surface area contributed by atoms with Crippen molar-refractivity contribution in [2.45, 2.75) is 0 Å². The number of carbonyl (C=O) groups is 2. The predicted octanol–water partition coefficient (Wildman–Crippen LogP) is 0.0343. The lowest BCUT2D eigenvalue weighted by Gasteiger charge is -2.01. The summed E-state index contributed by atoms with van der Waals surface area (Å²) in [6, 6.07) is 5.62. The van der Waals surface area contributed by atoms with Gasteiger partial charge >= 0.3 is 5.97 Å². The van der Waals surface area contributed by atoms with E-state index in [-0.39, 0.29) is 11.3 Å². The topological polar surface area (TPSA) is 89.6 Å². The Balaban J connectivity index is 2.65. The maximum atomic E-state index is 11.2. The number of phenols is 1. The summed E-state index contributed by atoms with van der Waals surface area (Å²) in [5.41, 5.74) is 4.96. The second-order valence-electron chi connectivity index (χ2n) is 2.59. The van der Waals surface area contributed by atoms with Crippen molar-refractivity contribution in [3.8, 4) is 5.75 Å². The first-order valence-electron chi connectivity index (χ1n) is 3.84. The van der Waals surface area contributed by atoms with Gasteiger partial charge in [-0.15, -0.1) is 0 Å². The lowest BCUT2D eigenvalue weighted by molar-refractivity contribution is -0.121. The molecule has 74 valence electrons. The summed E-state index contributed by atoms with van der Waals surface area (Å²) < 4.78 is 4.52. The van der Waals surface area contributed by atoms with Gasteiger partial charge in [0.1, 0.15) is 5.75 Å². The molecule has 0 aliphatic rings. The molecule has 0 fully saturated rings. The number of primary amides is 1. The zero-order valence-corrected chi connectivity index (χ0v) is 7.27. The van der Waals surface area contributed by atoms with Gasteiger partial charge in [0.15, 0.2) is 6.61 Å². The van der Waals surface area contributed by atoms with Gasteiger partial charge in [-0.05, 0) is 18.2 Å². The monoisotopic (exact) mass is 195 g/mol. The summed E-state index contributed by atoms with van der Waals surface area (Å²) in [4.78, 5) is 21.5. The molecule has 1 amide bonds. The van der Waals surface area contributed by atoms with Crippen LogP contribution in [0.3, 0.4) is 0 Å². The van der Waals surface area contributed by atoms with Crippen LogP contribution < -0.4 is 5.73 Å². The van der Waals surface area contributed by atoms with Gasteiger partial charge in [-0.1, -0.05) is 6.07 Å². The molecule has 0 unspecified atom stereocenters. The number of rotatable bonds is 3. The third-order valence-electron chi connectivity index (χ3n) is 1.43. The summed E-state index contributed by atoms with van der Waals surface area (Å²) in [6.07, 6.45) is 0. The lowest BCUT2D eigenvalue weighted by atomic mass is 10.2. The normalized spacial score (nSPS) is 9.43. The van der Waals surface area contributed by atoms with Crippen LogP contribution in [0.1, 0.15) is 10.4 Å². The molecule has 14 heavy (non-hydrogen) atoms. The standard InChI is InChI=1S/C9H9NO4/c10-8(12)5-14-9(13)6-2-1-3-7(11)4-6/h1-4,11H,5H2,(H2,10,12). The van der Waals surface area contributed by atoms with Crippen LogP contribution in [-0.4, -0.2) is 23.6 Å². The maximum absolute atomic E-state index is 11.2. The average molecular weight is 195 g/mol. The molecular formula is C9H9NO4. The largest absolute Gasteiger partial charge is 0.508 e. The van der Waals surface area contributed by atoms with Gasteiger partial charge in [0, 0.05) is 0 Å². The number of aromatic hydroxyl groups is 1. The molecule has 0 aliphatic heterocycles. The highest BCUT2D eigenvalue weighted by Crippen LogP contribution is 2.11. The Hall–Kier alpha value is -2.04. The van der Waals surface area contributed by atoms with Gasteiger partial charge in [0.05, 0.1) is 5.56 Å². The van der Waals surface area contributed by atoms with Crippen molar-refractivity contribution in [2.75, 3.05) is 6.61 Å². The van der Waals surface area contributed by atoms with Crippen LogP contribution in [-0.2, 0) is 9.53 Å². The fraction of sp³-hybridized carbons (Fsp3) is 0.111. The Morgan fingerprint density at radius 2 is 2.14 bits per heavy atom. The Bertz CT molecular complexity index is 362. The van der Waals surface area contributed by atoms with Crippen LogP contribution in [0.15, 0.2) is 24.3 Å². The highest BCUT2D eigenvalue weighted by atomic mass is 16.5. The van der Waals surface area contributed by atoms with Gasteiger partial charge in [-0.2, -0.15) is 0 Å². The summed E-state index contributed by atoms with van der Waals surface area (Å²) in [5.74, 6) is -1.46. The van der Waals surface area contributed by atoms with Crippen molar-refractivity contribution in [3.05, 3.63) is 29.8 Å². The Morgan fingerprint density at radius 1 is 1.43 bits per heavy atom. The quantitative estimate of drug-likeness (QED) is 0.666. The summed E-state index contributed by atoms with van der Waals surface area (Å²) >= 11 is 0. The molecule has 0 spiro atoms. The summed E-state index contributed by atoms with van der Waals surface area (Å²) in [7, 11) is 0. The molecule has 1 rings (SSSR count). The third-order valence-corrected chi connectivity index (χ3v) is 1.43. The van der Waals surface area contributed by atoms with Gasteiger partial charge < -0.3 is 15.6 Å². The van der Waals surface area contributed by atoms with E-state index >= 15 is 0 Å². The van der Waals surface area contributed by atoms with Crippen LogP contribution in [0.2, 0.25) is 0 Å². The Morgan fingerprint density at radius 3 is 2.71 bits per heavy atom. The first-order chi connectivity index (χ1) is 6.59. The highest BCUT2D eigenvalue weighted by Gasteiger charge is 2.08. The number of hydrogen-bond donors (Lipinski definition) is 2. The molecule has 0 aromatic heterocycles. The van der Waals surface area contributed by atoms with Crippen LogP contribution in [0.4, 0.5) is 0 Å². The maximum Gasteiger partial charge on any atom is 0.338 e. The summed E-state index contributed by atoms with van der Waals surface area (Å²) in [6.45, 7) is -0.464. The zero-order valence-electron chi connectivity index (χ0n) is 7.27. The van der Waals surface area contributed by atoms with Crippen molar-refractivity contribution >= 4 is 11.9 Å². The molecule has 1 aromatic rings. The van der Waals surface area contributed by atoms with E-state index in [1.165, 1.54) is 24.3 Å². The van der Waals surface area contributed by atoms with Crippen LogP contribution in [0, 0.1) is 0 Å². The minimum Gasteiger partial charge on any atom is -0.508 e. The van der Waals surface area contributed by atoms with E-state index < -0.39 is 18.5 Å². The van der Waals surface area contributed by atoms with E-state index in [1.807, 2.05) is 0 Å². The molecule has 0 atom stereocenters. The Kier molecular flexibility index (Phi) is 3.06. The van der Waals surface area contributed by atoms with Crippen LogP contribution >= 0.6 is 0 Å². The molecule has 0 saturated heterocycles. The number of carbonyl (C=O) groups excluding carboxylic acids is 2. The molecule has 0 radical (unpaired) electrons. The van der Waals surface area contributed by atoms with Crippen LogP contribution in [0.5, 0.6) is 5.75 Å². The number of hydrogen-bond acceptors (Lipinski definition) is 4. The SMILES string of the molecule is NC(=O)COC(=O)c1cccc(O)c1. The number of esters is 1. The zero-order chi connectivity index (χ0) is 10.6.